The van der Waals surface area contributed by atoms with Crippen LogP contribution in [0.15, 0.2) is 54.7 Å². The van der Waals surface area contributed by atoms with Crippen molar-refractivity contribution < 1.29 is 14.4 Å². The molecule has 3 aliphatic rings. The Hall–Kier alpha value is -4.05. The fourth-order valence-corrected chi connectivity index (χ4v) is 5.21. The van der Waals surface area contributed by atoms with Gasteiger partial charge in [-0.2, -0.15) is 0 Å². The van der Waals surface area contributed by atoms with Gasteiger partial charge in [-0.1, -0.05) is 29.5 Å². The molecule has 2 fully saturated rings. The molecular formula is C26H27N7O3. The average molecular weight is 486 g/mol. The van der Waals surface area contributed by atoms with Gasteiger partial charge in [0, 0.05) is 56.9 Å². The summed E-state index contributed by atoms with van der Waals surface area (Å²) < 4.78 is 1.69. The van der Waals surface area contributed by atoms with E-state index < -0.39 is 11.9 Å². The second kappa shape index (κ2) is 9.19. The first kappa shape index (κ1) is 22.4. The lowest BCUT2D eigenvalue weighted by molar-refractivity contribution is -0.136. The van der Waals surface area contributed by atoms with Gasteiger partial charge in [0.25, 0.3) is 5.91 Å². The third-order valence-electron chi connectivity index (χ3n) is 7.20. The first-order valence-corrected chi connectivity index (χ1v) is 12.3. The maximum Gasteiger partial charge on any atom is 0.255 e. The summed E-state index contributed by atoms with van der Waals surface area (Å²) in [5, 5.41) is 11.0. The van der Waals surface area contributed by atoms with Crippen LogP contribution in [0.25, 0.3) is 5.69 Å². The van der Waals surface area contributed by atoms with E-state index in [4.69, 9.17) is 0 Å². The minimum absolute atomic E-state index is 0.196. The molecule has 3 aliphatic heterocycles. The zero-order valence-corrected chi connectivity index (χ0v) is 19.8. The molecule has 4 heterocycles. The SMILES string of the molecule is O=C1CCC(N2Cc3ccc(-n4cc(CN5CCN(c6ccccc6)CC5)nn4)cc3C2=O)C(=O)N1. The predicted molar refractivity (Wildman–Crippen MR) is 131 cm³/mol. The molecule has 2 aromatic carbocycles. The maximum atomic E-state index is 13.1. The summed E-state index contributed by atoms with van der Waals surface area (Å²) in [5.41, 5.74) is 4.31. The Bertz CT molecular complexity index is 1310. The molecule has 184 valence electrons. The first-order chi connectivity index (χ1) is 17.5. The van der Waals surface area contributed by atoms with Gasteiger partial charge < -0.3 is 9.80 Å². The van der Waals surface area contributed by atoms with E-state index in [1.807, 2.05) is 24.4 Å². The highest BCUT2D eigenvalue weighted by molar-refractivity contribution is 6.05. The van der Waals surface area contributed by atoms with Crippen LogP contribution in [0, 0.1) is 0 Å². The van der Waals surface area contributed by atoms with E-state index in [0.717, 1.165) is 49.7 Å². The molecule has 1 N–H and O–H groups in total. The van der Waals surface area contributed by atoms with Gasteiger partial charge in [-0.25, -0.2) is 4.68 Å². The molecule has 10 heteroatoms. The van der Waals surface area contributed by atoms with E-state index in [1.165, 1.54) is 5.69 Å². The molecule has 1 aromatic heterocycles. The molecule has 36 heavy (non-hydrogen) atoms. The van der Waals surface area contributed by atoms with Crippen LogP contribution in [0.3, 0.4) is 0 Å². The summed E-state index contributed by atoms with van der Waals surface area (Å²) in [6, 6.07) is 15.5. The summed E-state index contributed by atoms with van der Waals surface area (Å²) in [6.07, 6.45) is 2.50. The third kappa shape index (κ3) is 4.24. The smallest absolute Gasteiger partial charge is 0.255 e. The third-order valence-corrected chi connectivity index (χ3v) is 7.20. The van der Waals surface area contributed by atoms with Gasteiger partial charge in [0.1, 0.15) is 6.04 Å². The van der Waals surface area contributed by atoms with Crippen molar-refractivity contribution in [2.75, 3.05) is 31.1 Å². The summed E-state index contributed by atoms with van der Waals surface area (Å²) in [5.74, 6) is -0.890. The largest absolute Gasteiger partial charge is 0.369 e. The summed E-state index contributed by atoms with van der Waals surface area (Å²) in [6.45, 7) is 4.91. The number of fused-ring (bicyclic) bond motifs is 1. The number of nitrogens with one attached hydrogen (secondary N) is 1. The van der Waals surface area contributed by atoms with Crippen molar-refractivity contribution in [1.29, 1.82) is 0 Å². The van der Waals surface area contributed by atoms with Crippen LogP contribution in [-0.2, 0) is 22.7 Å². The number of piperazine rings is 1. The van der Waals surface area contributed by atoms with Gasteiger partial charge in [0.2, 0.25) is 11.8 Å². The second-order valence-corrected chi connectivity index (χ2v) is 9.49. The number of rotatable bonds is 5. The van der Waals surface area contributed by atoms with Crippen molar-refractivity contribution >= 4 is 23.4 Å². The van der Waals surface area contributed by atoms with Crippen molar-refractivity contribution in [3.8, 4) is 5.69 Å². The minimum Gasteiger partial charge on any atom is -0.369 e. The molecule has 3 aromatic rings. The lowest BCUT2D eigenvalue weighted by Gasteiger charge is -2.35. The number of benzene rings is 2. The number of amides is 3. The standard InChI is InChI=1S/C26H27N7O3/c34-24-9-8-23(25(35)27-24)32-15-18-6-7-21(14-22(18)26(32)36)33-17-19(28-29-33)16-30-10-12-31(13-11-30)20-4-2-1-3-5-20/h1-7,14,17,23H,8-13,15-16H2,(H,27,34,35). The van der Waals surface area contributed by atoms with Gasteiger partial charge in [-0.15, -0.1) is 5.10 Å². The van der Waals surface area contributed by atoms with Crippen LogP contribution >= 0.6 is 0 Å². The number of nitrogens with zero attached hydrogens (tertiary/aromatic N) is 6. The number of hydrogen-bond acceptors (Lipinski definition) is 7. The van der Waals surface area contributed by atoms with Crippen molar-refractivity contribution in [2.24, 2.45) is 0 Å². The Balaban J connectivity index is 1.10. The van der Waals surface area contributed by atoms with E-state index in [-0.39, 0.29) is 18.2 Å². The monoisotopic (exact) mass is 485 g/mol. The summed E-state index contributed by atoms with van der Waals surface area (Å²) >= 11 is 0. The number of aromatic nitrogens is 3. The zero-order chi connectivity index (χ0) is 24.6. The Morgan fingerprint density at radius 3 is 2.53 bits per heavy atom. The van der Waals surface area contributed by atoms with Crippen LogP contribution in [0.5, 0.6) is 0 Å². The highest BCUT2D eigenvalue weighted by Crippen LogP contribution is 2.29. The highest BCUT2D eigenvalue weighted by atomic mass is 16.2. The maximum absolute atomic E-state index is 13.1. The number of para-hydroxylation sites is 1. The van der Waals surface area contributed by atoms with Crippen molar-refractivity contribution in [2.45, 2.75) is 32.0 Å². The Kier molecular flexibility index (Phi) is 5.73. The molecule has 3 amide bonds. The molecule has 0 bridgehead atoms. The molecule has 6 rings (SSSR count). The van der Waals surface area contributed by atoms with E-state index in [9.17, 15) is 14.4 Å². The van der Waals surface area contributed by atoms with E-state index in [1.54, 1.807) is 15.6 Å². The number of hydrogen-bond donors (Lipinski definition) is 1. The first-order valence-electron chi connectivity index (χ1n) is 12.3. The Morgan fingerprint density at radius 1 is 0.944 bits per heavy atom. The lowest BCUT2D eigenvalue weighted by Crippen LogP contribution is -2.52. The molecule has 1 atom stereocenters. The van der Waals surface area contributed by atoms with Gasteiger partial charge in [0.05, 0.1) is 17.6 Å². The number of anilines is 1. The van der Waals surface area contributed by atoms with Gasteiger partial charge in [-0.05, 0) is 36.2 Å². The van der Waals surface area contributed by atoms with Crippen molar-refractivity contribution in [3.05, 3.63) is 71.5 Å². The predicted octanol–water partition coefficient (Wildman–Crippen LogP) is 1.35. The summed E-state index contributed by atoms with van der Waals surface area (Å²) in [7, 11) is 0. The highest BCUT2D eigenvalue weighted by Gasteiger charge is 2.39. The molecule has 0 aliphatic carbocycles. The Morgan fingerprint density at radius 2 is 1.75 bits per heavy atom. The van der Waals surface area contributed by atoms with Crippen molar-refractivity contribution in [1.82, 2.24) is 30.1 Å². The zero-order valence-electron chi connectivity index (χ0n) is 19.8. The van der Waals surface area contributed by atoms with E-state index in [0.29, 0.717) is 18.5 Å². The number of imide groups is 1. The van der Waals surface area contributed by atoms with Gasteiger partial charge >= 0.3 is 0 Å². The molecule has 10 nitrogen and oxygen atoms in total. The normalized spacial score (nSPS) is 20.6. The molecule has 0 spiro atoms. The second-order valence-electron chi connectivity index (χ2n) is 9.49. The number of carbonyl (C=O) groups is 3. The van der Waals surface area contributed by atoms with Gasteiger partial charge in [-0.3, -0.25) is 24.6 Å². The van der Waals surface area contributed by atoms with Crippen LogP contribution in [0.4, 0.5) is 5.69 Å². The number of carbonyl (C=O) groups excluding carboxylic acids is 3. The quantitative estimate of drug-likeness (QED) is 0.544. The fourth-order valence-electron chi connectivity index (χ4n) is 5.21. The van der Waals surface area contributed by atoms with Crippen molar-refractivity contribution in [3.63, 3.8) is 0 Å². The molecule has 0 saturated carbocycles. The van der Waals surface area contributed by atoms with E-state index in [2.05, 4.69) is 49.7 Å². The molecule has 0 radical (unpaired) electrons. The number of piperidine rings is 1. The van der Waals surface area contributed by atoms with Crippen LogP contribution < -0.4 is 10.2 Å². The molecule has 2 saturated heterocycles. The Labute approximate surface area is 208 Å². The van der Waals surface area contributed by atoms with Gasteiger partial charge in [0.15, 0.2) is 0 Å². The van der Waals surface area contributed by atoms with Crippen LogP contribution in [0.1, 0.15) is 34.5 Å². The fraction of sp³-hybridized carbons (Fsp3) is 0.346. The summed E-state index contributed by atoms with van der Waals surface area (Å²) in [4.78, 5) is 43.2. The van der Waals surface area contributed by atoms with E-state index >= 15 is 0 Å². The molecule has 1 unspecified atom stereocenters. The lowest BCUT2D eigenvalue weighted by atomic mass is 10.0. The van der Waals surface area contributed by atoms with Crippen LogP contribution in [0.2, 0.25) is 0 Å². The average Bonchev–Trinajstić information content (AvgIpc) is 3.49. The minimum atomic E-state index is -0.619. The van der Waals surface area contributed by atoms with Crippen LogP contribution in [-0.4, -0.2) is 74.7 Å². The molecular weight excluding hydrogens is 458 g/mol. The topological polar surface area (TPSA) is 104 Å².